The van der Waals surface area contributed by atoms with E-state index in [2.05, 4.69) is 11.9 Å². The third-order valence-corrected chi connectivity index (χ3v) is 3.96. The van der Waals surface area contributed by atoms with E-state index in [9.17, 15) is 9.59 Å². The summed E-state index contributed by atoms with van der Waals surface area (Å²) in [7, 11) is 0. The molecule has 0 heterocycles. The van der Waals surface area contributed by atoms with E-state index >= 15 is 0 Å². The maximum Gasteiger partial charge on any atom is 0.326 e. The van der Waals surface area contributed by atoms with Gasteiger partial charge < -0.3 is 10.4 Å². The van der Waals surface area contributed by atoms with Gasteiger partial charge >= 0.3 is 5.97 Å². The Morgan fingerprint density at radius 2 is 2.05 bits per heavy atom. The van der Waals surface area contributed by atoms with Crippen molar-refractivity contribution in [2.75, 3.05) is 5.75 Å². The highest BCUT2D eigenvalue weighted by Crippen LogP contribution is 2.15. The zero-order chi connectivity index (χ0) is 15.7. The lowest BCUT2D eigenvalue weighted by Gasteiger charge is -2.13. The average Bonchev–Trinajstić information content (AvgIpc) is 2.45. The number of nitrogens with one attached hydrogen (secondary N) is 1. The Morgan fingerprint density at radius 1 is 1.38 bits per heavy atom. The van der Waals surface area contributed by atoms with Gasteiger partial charge in [-0.3, -0.25) is 4.79 Å². The van der Waals surface area contributed by atoms with Gasteiger partial charge in [-0.1, -0.05) is 29.8 Å². The first-order valence-electron chi connectivity index (χ1n) is 6.48. The SMILES string of the molecule is C=CCCC(NC(=O)CSCc1ccc(Cl)cc1)C(=O)O. The van der Waals surface area contributed by atoms with E-state index in [0.29, 0.717) is 23.6 Å². The molecule has 0 aliphatic heterocycles. The molecule has 1 unspecified atom stereocenters. The second kappa shape index (κ2) is 9.47. The molecule has 1 atom stereocenters. The van der Waals surface area contributed by atoms with Crippen LogP contribution < -0.4 is 5.32 Å². The van der Waals surface area contributed by atoms with Crippen LogP contribution in [-0.2, 0) is 15.3 Å². The van der Waals surface area contributed by atoms with Crippen LogP contribution >= 0.6 is 23.4 Å². The molecule has 0 aliphatic carbocycles. The summed E-state index contributed by atoms with van der Waals surface area (Å²) in [6, 6.07) is 6.54. The van der Waals surface area contributed by atoms with Crippen LogP contribution in [0.25, 0.3) is 0 Å². The number of carboxylic acid groups (broad SMARTS) is 1. The van der Waals surface area contributed by atoms with Gasteiger partial charge in [0.05, 0.1) is 5.75 Å². The number of halogens is 1. The summed E-state index contributed by atoms with van der Waals surface area (Å²) >= 11 is 7.22. The Hall–Kier alpha value is -1.46. The zero-order valence-corrected chi connectivity index (χ0v) is 13.1. The minimum Gasteiger partial charge on any atom is -0.480 e. The second-order valence-corrected chi connectivity index (χ2v) is 5.87. The van der Waals surface area contributed by atoms with Gasteiger partial charge in [0.15, 0.2) is 0 Å². The highest BCUT2D eigenvalue weighted by Gasteiger charge is 2.18. The molecule has 0 radical (unpaired) electrons. The third-order valence-electron chi connectivity index (χ3n) is 2.71. The van der Waals surface area contributed by atoms with Crippen molar-refractivity contribution in [2.24, 2.45) is 0 Å². The van der Waals surface area contributed by atoms with E-state index in [-0.39, 0.29) is 11.7 Å². The summed E-state index contributed by atoms with van der Waals surface area (Å²) in [5.41, 5.74) is 1.07. The Kier molecular flexibility index (Phi) is 7.93. The van der Waals surface area contributed by atoms with Gasteiger partial charge in [0.2, 0.25) is 5.91 Å². The topological polar surface area (TPSA) is 66.4 Å². The summed E-state index contributed by atoms with van der Waals surface area (Å²) in [5, 5.41) is 12.2. The summed E-state index contributed by atoms with van der Waals surface area (Å²) in [6.07, 6.45) is 2.54. The van der Waals surface area contributed by atoms with Crippen LogP contribution in [0.15, 0.2) is 36.9 Å². The summed E-state index contributed by atoms with van der Waals surface area (Å²) in [5.74, 6) is -0.395. The monoisotopic (exact) mass is 327 g/mol. The minimum atomic E-state index is -1.02. The van der Waals surface area contributed by atoms with Crippen LogP contribution in [0.5, 0.6) is 0 Å². The van der Waals surface area contributed by atoms with Gasteiger partial charge in [-0.05, 0) is 30.5 Å². The number of allylic oxidation sites excluding steroid dienone is 1. The molecule has 1 amide bonds. The lowest BCUT2D eigenvalue weighted by molar-refractivity contribution is -0.141. The first-order chi connectivity index (χ1) is 10.0. The van der Waals surface area contributed by atoms with E-state index in [0.717, 1.165) is 5.56 Å². The number of amides is 1. The molecule has 0 aromatic heterocycles. The number of hydrogen-bond donors (Lipinski definition) is 2. The molecule has 0 fully saturated rings. The highest BCUT2D eigenvalue weighted by atomic mass is 35.5. The van der Waals surface area contributed by atoms with Crippen molar-refractivity contribution in [1.82, 2.24) is 5.32 Å². The maximum absolute atomic E-state index is 11.7. The molecule has 1 aromatic rings. The van der Waals surface area contributed by atoms with Crippen molar-refractivity contribution in [2.45, 2.75) is 24.6 Å². The smallest absolute Gasteiger partial charge is 0.326 e. The molecular formula is C15H18ClNO3S. The van der Waals surface area contributed by atoms with E-state index < -0.39 is 12.0 Å². The van der Waals surface area contributed by atoms with Crippen LogP contribution in [0.1, 0.15) is 18.4 Å². The van der Waals surface area contributed by atoms with E-state index in [4.69, 9.17) is 16.7 Å². The molecule has 0 saturated carbocycles. The number of benzene rings is 1. The molecule has 21 heavy (non-hydrogen) atoms. The number of carboxylic acids is 1. The molecule has 0 aliphatic rings. The van der Waals surface area contributed by atoms with Crippen molar-refractivity contribution in [1.29, 1.82) is 0 Å². The predicted octanol–water partition coefficient (Wildman–Crippen LogP) is 3.11. The van der Waals surface area contributed by atoms with Crippen LogP contribution in [0, 0.1) is 0 Å². The van der Waals surface area contributed by atoms with Crippen molar-refractivity contribution in [3.05, 3.63) is 47.5 Å². The van der Waals surface area contributed by atoms with Crippen molar-refractivity contribution >= 4 is 35.2 Å². The first-order valence-corrected chi connectivity index (χ1v) is 8.01. The molecule has 1 aromatic carbocycles. The average molecular weight is 328 g/mol. The summed E-state index contributed by atoms with van der Waals surface area (Å²) in [6.45, 7) is 3.54. The van der Waals surface area contributed by atoms with Crippen LogP contribution in [-0.4, -0.2) is 28.8 Å². The number of aliphatic carboxylic acids is 1. The fourth-order valence-corrected chi connectivity index (χ4v) is 2.55. The van der Waals surface area contributed by atoms with Crippen LogP contribution in [0.3, 0.4) is 0 Å². The number of hydrogen-bond acceptors (Lipinski definition) is 3. The van der Waals surface area contributed by atoms with E-state index in [1.807, 2.05) is 12.1 Å². The van der Waals surface area contributed by atoms with Crippen molar-refractivity contribution in [3.8, 4) is 0 Å². The van der Waals surface area contributed by atoms with Crippen molar-refractivity contribution in [3.63, 3.8) is 0 Å². The number of carbonyl (C=O) groups is 2. The molecule has 1 rings (SSSR count). The van der Waals surface area contributed by atoms with Gasteiger partial charge in [0.25, 0.3) is 0 Å². The molecule has 4 nitrogen and oxygen atoms in total. The maximum atomic E-state index is 11.7. The lowest BCUT2D eigenvalue weighted by Crippen LogP contribution is -2.41. The normalized spacial score (nSPS) is 11.7. The van der Waals surface area contributed by atoms with Gasteiger partial charge in [0, 0.05) is 10.8 Å². The zero-order valence-electron chi connectivity index (χ0n) is 11.5. The van der Waals surface area contributed by atoms with Gasteiger partial charge in [-0.25, -0.2) is 4.79 Å². The van der Waals surface area contributed by atoms with Crippen LogP contribution in [0.4, 0.5) is 0 Å². The summed E-state index contributed by atoms with van der Waals surface area (Å²) in [4.78, 5) is 22.7. The Bertz CT molecular complexity index is 490. The minimum absolute atomic E-state index is 0.223. The Labute approximate surface area is 133 Å². The molecule has 0 bridgehead atoms. The fourth-order valence-electron chi connectivity index (χ4n) is 1.62. The third kappa shape index (κ3) is 7.20. The number of carbonyl (C=O) groups excluding carboxylic acids is 1. The lowest BCUT2D eigenvalue weighted by atomic mass is 10.1. The molecular weight excluding hydrogens is 310 g/mol. The van der Waals surface area contributed by atoms with Gasteiger partial charge in [-0.2, -0.15) is 0 Å². The molecule has 2 N–H and O–H groups in total. The van der Waals surface area contributed by atoms with E-state index in [1.54, 1.807) is 18.2 Å². The predicted molar refractivity (Wildman–Crippen MR) is 86.6 cm³/mol. The van der Waals surface area contributed by atoms with Crippen LogP contribution in [0.2, 0.25) is 5.02 Å². The molecule has 114 valence electrons. The fraction of sp³-hybridized carbons (Fsp3) is 0.333. The van der Waals surface area contributed by atoms with Gasteiger partial charge in [0.1, 0.15) is 6.04 Å². The van der Waals surface area contributed by atoms with Gasteiger partial charge in [-0.15, -0.1) is 18.3 Å². The largest absolute Gasteiger partial charge is 0.480 e. The summed E-state index contributed by atoms with van der Waals surface area (Å²) < 4.78 is 0. The Balaban J connectivity index is 2.33. The first kappa shape index (κ1) is 17.6. The van der Waals surface area contributed by atoms with E-state index in [1.165, 1.54) is 11.8 Å². The number of thioether (sulfide) groups is 1. The Morgan fingerprint density at radius 3 is 2.62 bits per heavy atom. The highest BCUT2D eigenvalue weighted by molar-refractivity contribution is 7.99. The quantitative estimate of drug-likeness (QED) is 0.684. The molecule has 0 spiro atoms. The second-order valence-electron chi connectivity index (χ2n) is 4.44. The molecule has 6 heteroatoms. The van der Waals surface area contributed by atoms with Crippen molar-refractivity contribution < 1.29 is 14.7 Å². The number of rotatable bonds is 9. The molecule has 0 saturated heterocycles. The standard InChI is InChI=1S/C15H18ClNO3S/c1-2-3-4-13(15(19)20)17-14(18)10-21-9-11-5-7-12(16)8-6-11/h2,5-8,13H,1,3-4,9-10H2,(H,17,18)(H,19,20).